The van der Waals surface area contributed by atoms with Crippen molar-refractivity contribution in [3.05, 3.63) is 53.1 Å². The van der Waals surface area contributed by atoms with E-state index in [2.05, 4.69) is 0 Å². The summed E-state index contributed by atoms with van der Waals surface area (Å²) in [7, 11) is 1.55. The summed E-state index contributed by atoms with van der Waals surface area (Å²) < 4.78 is 5.13. The van der Waals surface area contributed by atoms with Crippen molar-refractivity contribution in [1.29, 1.82) is 0 Å². The third kappa shape index (κ3) is 3.26. The van der Waals surface area contributed by atoms with Crippen LogP contribution in [0.3, 0.4) is 0 Å². The van der Waals surface area contributed by atoms with Gasteiger partial charge in [0.15, 0.2) is 0 Å². The molecule has 2 aromatic rings. The molecule has 0 aliphatic rings. The molecular formula is C15H13ClO3. The molecule has 0 spiro atoms. The van der Waals surface area contributed by atoms with Gasteiger partial charge >= 0.3 is 5.97 Å². The first-order valence-electron chi connectivity index (χ1n) is 5.75. The third-order valence-electron chi connectivity index (χ3n) is 2.79. The zero-order valence-corrected chi connectivity index (χ0v) is 11.1. The molecule has 2 rings (SSSR count). The van der Waals surface area contributed by atoms with Crippen molar-refractivity contribution in [3.8, 4) is 16.9 Å². The molecule has 0 saturated carbocycles. The lowest BCUT2D eigenvalue weighted by molar-refractivity contribution is -0.136. The maximum absolute atomic E-state index is 11.0. The van der Waals surface area contributed by atoms with Gasteiger partial charge in [-0.05, 0) is 41.0 Å². The molecule has 0 aromatic heterocycles. The van der Waals surface area contributed by atoms with Crippen molar-refractivity contribution in [2.45, 2.75) is 6.42 Å². The molecule has 1 N–H and O–H groups in total. The molecule has 0 heterocycles. The highest BCUT2D eigenvalue weighted by atomic mass is 35.5. The van der Waals surface area contributed by atoms with Crippen molar-refractivity contribution < 1.29 is 14.6 Å². The fraction of sp³-hybridized carbons (Fsp3) is 0.133. The average Bonchev–Trinajstić information content (AvgIpc) is 2.38. The molecule has 0 aliphatic carbocycles. The molecular weight excluding hydrogens is 264 g/mol. The monoisotopic (exact) mass is 276 g/mol. The van der Waals surface area contributed by atoms with Crippen LogP contribution in [0.4, 0.5) is 0 Å². The standard InChI is InChI=1S/C15H13ClO3/c1-19-13-5-6-14(11(8-13)9-15(17)18)10-3-2-4-12(16)7-10/h2-8H,9H2,1H3,(H,17,18). The highest BCUT2D eigenvalue weighted by Crippen LogP contribution is 2.29. The van der Waals surface area contributed by atoms with Crippen LogP contribution in [0.15, 0.2) is 42.5 Å². The van der Waals surface area contributed by atoms with E-state index in [0.29, 0.717) is 16.3 Å². The van der Waals surface area contributed by atoms with Crippen molar-refractivity contribution in [2.75, 3.05) is 7.11 Å². The minimum Gasteiger partial charge on any atom is -0.497 e. The maximum Gasteiger partial charge on any atom is 0.307 e. The SMILES string of the molecule is COc1ccc(-c2cccc(Cl)c2)c(CC(=O)O)c1. The number of carbonyl (C=O) groups is 1. The van der Waals surface area contributed by atoms with Gasteiger partial charge in [-0.15, -0.1) is 0 Å². The minimum atomic E-state index is -0.878. The summed E-state index contributed by atoms with van der Waals surface area (Å²) in [5.74, 6) is -0.237. The van der Waals surface area contributed by atoms with Crippen LogP contribution in [0.5, 0.6) is 5.75 Å². The van der Waals surface area contributed by atoms with E-state index >= 15 is 0 Å². The van der Waals surface area contributed by atoms with Crippen LogP contribution < -0.4 is 4.74 Å². The smallest absolute Gasteiger partial charge is 0.307 e. The van der Waals surface area contributed by atoms with Gasteiger partial charge in [-0.1, -0.05) is 29.8 Å². The first kappa shape index (κ1) is 13.4. The predicted octanol–water partition coefficient (Wildman–Crippen LogP) is 3.64. The number of benzene rings is 2. The van der Waals surface area contributed by atoms with Crippen molar-refractivity contribution in [1.82, 2.24) is 0 Å². The second-order valence-electron chi connectivity index (χ2n) is 4.10. The van der Waals surface area contributed by atoms with Crippen LogP contribution in [0.25, 0.3) is 11.1 Å². The van der Waals surface area contributed by atoms with Crippen LogP contribution in [0, 0.1) is 0 Å². The van der Waals surface area contributed by atoms with Gasteiger partial charge in [0.2, 0.25) is 0 Å². The lowest BCUT2D eigenvalue weighted by atomic mass is 9.97. The summed E-state index contributed by atoms with van der Waals surface area (Å²) in [6.45, 7) is 0. The van der Waals surface area contributed by atoms with Gasteiger partial charge in [-0.2, -0.15) is 0 Å². The molecule has 0 saturated heterocycles. The van der Waals surface area contributed by atoms with Gasteiger partial charge in [-0.3, -0.25) is 4.79 Å². The molecule has 0 unspecified atom stereocenters. The Morgan fingerprint density at radius 3 is 2.68 bits per heavy atom. The van der Waals surface area contributed by atoms with E-state index in [0.717, 1.165) is 11.1 Å². The second kappa shape index (κ2) is 5.76. The van der Waals surface area contributed by atoms with E-state index in [9.17, 15) is 4.79 Å². The van der Waals surface area contributed by atoms with Gasteiger partial charge in [-0.25, -0.2) is 0 Å². The quantitative estimate of drug-likeness (QED) is 0.927. The number of methoxy groups -OCH3 is 1. The number of aliphatic carboxylic acids is 1. The minimum absolute atomic E-state index is 0.0565. The zero-order chi connectivity index (χ0) is 13.8. The number of rotatable bonds is 4. The van der Waals surface area contributed by atoms with Crippen LogP contribution >= 0.6 is 11.6 Å². The summed E-state index contributed by atoms with van der Waals surface area (Å²) >= 11 is 5.97. The molecule has 19 heavy (non-hydrogen) atoms. The number of carboxylic acid groups (broad SMARTS) is 1. The zero-order valence-electron chi connectivity index (χ0n) is 10.4. The Kier molecular flexibility index (Phi) is 4.07. The molecule has 0 aliphatic heterocycles. The predicted molar refractivity (Wildman–Crippen MR) is 74.8 cm³/mol. The molecule has 4 heteroatoms. The molecule has 3 nitrogen and oxygen atoms in total. The Bertz CT molecular complexity index is 608. The Balaban J connectivity index is 2.52. The molecule has 0 radical (unpaired) electrons. The normalized spacial score (nSPS) is 10.2. The summed E-state index contributed by atoms with van der Waals surface area (Å²) in [6.07, 6.45) is -0.0565. The largest absolute Gasteiger partial charge is 0.497 e. The topological polar surface area (TPSA) is 46.5 Å². The highest BCUT2D eigenvalue weighted by molar-refractivity contribution is 6.30. The van der Waals surface area contributed by atoms with Crippen LogP contribution in [-0.2, 0) is 11.2 Å². The van der Waals surface area contributed by atoms with Gasteiger partial charge < -0.3 is 9.84 Å². The Morgan fingerprint density at radius 2 is 2.05 bits per heavy atom. The summed E-state index contributed by atoms with van der Waals surface area (Å²) in [5, 5.41) is 9.61. The number of carboxylic acids is 1. The fourth-order valence-corrected chi connectivity index (χ4v) is 2.13. The molecule has 2 aromatic carbocycles. The molecule has 0 amide bonds. The lowest BCUT2D eigenvalue weighted by Gasteiger charge is -2.10. The summed E-state index contributed by atoms with van der Waals surface area (Å²) in [4.78, 5) is 11.0. The Labute approximate surface area is 116 Å². The first-order chi connectivity index (χ1) is 9.10. The number of hydrogen-bond donors (Lipinski definition) is 1. The Morgan fingerprint density at radius 1 is 1.26 bits per heavy atom. The number of hydrogen-bond acceptors (Lipinski definition) is 2. The third-order valence-corrected chi connectivity index (χ3v) is 3.02. The number of halogens is 1. The van der Waals surface area contributed by atoms with Crippen LogP contribution in [-0.4, -0.2) is 18.2 Å². The van der Waals surface area contributed by atoms with Crippen molar-refractivity contribution >= 4 is 17.6 Å². The first-order valence-corrected chi connectivity index (χ1v) is 6.12. The second-order valence-corrected chi connectivity index (χ2v) is 4.54. The molecule has 0 bridgehead atoms. The maximum atomic E-state index is 11.0. The number of ether oxygens (including phenoxy) is 1. The van der Waals surface area contributed by atoms with E-state index in [1.807, 2.05) is 30.3 Å². The van der Waals surface area contributed by atoms with E-state index < -0.39 is 5.97 Å². The molecule has 98 valence electrons. The van der Waals surface area contributed by atoms with E-state index in [4.69, 9.17) is 21.4 Å². The lowest BCUT2D eigenvalue weighted by Crippen LogP contribution is -2.02. The van der Waals surface area contributed by atoms with Gasteiger partial charge in [0, 0.05) is 5.02 Å². The van der Waals surface area contributed by atoms with Crippen molar-refractivity contribution in [2.24, 2.45) is 0 Å². The summed E-state index contributed by atoms with van der Waals surface area (Å²) in [5.41, 5.74) is 2.45. The fourth-order valence-electron chi connectivity index (χ4n) is 1.94. The average molecular weight is 277 g/mol. The van der Waals surface area contributed by atoms with Gasteiger partial charge in [0.1, 0.15) is 5.75 Å². The van der Waals surface area contributed by atoms with Gasteiger partial charge in [0.25, 0.3) is 0 Å². The van der Waals surface area contributed by atoms with Crippen LogP contribution in [0.1, 0.15) is 5.56 Å². The highest BCUT2D eigenvalue weighted by Gasteiger charge is 2.10. The Hall–Kier alpha value is -2.00. The van der Waals surface area contributed by atoms with Crippen LogP contribution in [0.2, 0.25) is 5.02 Å². The van der Waals surface area contributed by atoms with E-state index in [-0.39, 0.29) is 6.42 Å². The van der Waals surface area contributed by atoms with Crippen molar-refractivity contribution in [3.63, 3.8) is 0 Å². The van der Waals surface area contributed by atoms with E-state index in [1.54, 1.807) is 19.2 Å². The molecule has 0 fully saturated rings. The van der Waals surface area contributed by atoms with Gasteiger partial charge in [0.05, 0.1) is 13.5 Å². The molecule has 0 atom stereocenters. The van der Waals surface area contributed by atoms with E-state index in [1.165, 1.54) is 0 Å². The summed E-state index contributed by atoms with van der Waals surface area (Å²) in [6, 6.07) is 12.7.